The van der Waals surface area contributed by atoms with Gasteiger partial charge in [-0.05, 0) is 44.9 Å². The van der Waals surface area contributed by atoms with Gasteiger partial charge in [-0.2, -0.15) is 0 Å². The van der Waals surface area contributed by atoms with Crippen molar-refractivity contribution in [2.24, 2.45) is 0 Å². The van der Waals surface area contributed by atoms with Gasteiger partial charge >= 0.3 is 0 Å². The van der Waals surface area contributed by atoms with Gasteiger partial charge in [0.1, 0.15) is 10.7 Å². The number of fused-ring (bicyclic) bond motifs is 2. The molecule has 0 aromatic carbocycles. The van der Waals surface area contributed by atoms with E-state index in [1.165, 1.54) is 25.5 Å². The van der Waals surface area contributed by atoms with E-state index >= 15 is 0 Å². The molecule has 2 aliphatic heterocycles. The second-order valence-corrected chi connectivity index (χ2v) is 8.32. The van der Waals surface area contributed by atoms with E-state index in [4.69, 9.17) is 0 Å². The number of nitrogens with one attached hydrogen (secondary N) is 1. The van der Waals surface area contributed by atoms with Crippen LogP contribution >= 0.6 is 0 Å². The fraction of sp³-hybridized carbons (Fsp3) is 0.667. The molecule has 2 unspecified atom stereocenters. The number of pyridine rings is 1. The molecule has 3 heterocycles. The minimum Gasteiger partial charge on any atom is -0.366 e. The lowest BCUT2D eigenvalue weighted by Gasteiger charge is -2.47. The molecule has 21 heavy (non-hydrogen) atoms. The summed E-state index contributed by atoms with van der Waals surface area (Å²) in [5.74, 6) is 0.507. The Morgan fingerprint density at radius 2 is 1.95 bits per heavy atom. The van der Waals surface area contributed by atoms with Gasteiger partial charge in [-0.3, -0.25) is 0 Å². The van der Waals surface area contributed by atoms with E-state index in [0.29, 0.717) is 28.8 Å². The van der Waals surface area contributed by atoms with E-state index in [1.807, 2.05) is 0 Å². The predicted octanol–water partition coefficient (Wildman–Crippen LogP) is 1.91. The Bertz CT molecular complexity index is 603. The number of rotatable bonds is 3. The molecule has 0 radical (unpaired) electrons. The van der Waals surface area contributed by atoms with Crippen LogP contribution in [-0.2, 0) is 9.84 Å². The summed E-state index contributed by atoms with van der Waals surface area (Å²) in [6.45, 7) is 0. The first-order chi connectivity index (χ1) is 9.95. The van der Waals surface area contributed by atoms with Crippen LogP contribution in [0, 0.1) is 0 Å². The second-order valence-electron chi connectivity index (χ2n) is 6.34. The van der Waals surface area contributed by atoms with Gasteiger partial charge < -0.3 is 10.2 Å². The largest absolute Gasteiger partial charge is 0.366 e. The first-order valence-corrected chi connectivity index (χ1v) is 9.48. The molecule has 3 rings (SSSR count). The van der Waals surface area contributed by atoms with Crippen LogP contribution in [0.3, 0.4) is 0 Å². The van der Waals surface area contributed by atoms with Gasteiger partial charge in [0.15, 0.2) is 9.84 Å². The van der Waals surface area contributed by atoms with Crippen molar-refractivity contribution >= 4 is 15.7 Å². The van der Waals surface area contributed by atoms with Gasteiger partial charge in [-0.1, -0.05) is 6.42 Å². The number of sulfone groups is 1. The maximum Gasteiger partial charge on any atom is 0.179 e. The van der Waals surface area contributed by atoms with Gasteiger partial charge in [-0.25, -0.2) is 13.4 Å². The normalized spacial score (nSPS) is 30.1. The van der Waals surface area contributed by atoms with Crippen LogP contribution in [0.4, 0.5) is 5.82 Å². The minimum atomic E-state index is -3.25. The van der Waals surface area contributed by atoms with Gasteiger partial charge in [0, 0.05) is 30.6 Å². The molecule has 5 nitrogen and oxygen atoms in total. The average molecular weight is 309 g/mol. The molecule has 1 aromatic heterocycles. The minimum absolute atomic E-state index is 0.300. The van der Waals surface area contributed by atoms with Gasteiger partial charge in [0.05, 0.1) is 0 Å². The zero-order valence-electron chi connectivity index (χ0n) is 12.6. The Labute approximate surface area is 126 Å². The van der Waals surface area contributed by atoms with Crippen LogP contribution in [0.5, 0.6) is 0 Å². The van der Waals surface area contributed by atoms with Crippen molar-refractivity contribution in [3.63, 3.8) is 0 Å². The lowest BCUT2D eigenvalue weighted by atomic mass is 9.82. The zero-order valence-corrected chi connectivity index (χ0v) is 13.4. The molecule has 0 spiro atoms. The number of piperidine rings is 2. The summed E-state index contributed by atoms with van der Waals surface area (Å²) < 4.78 is 23.7. The Kier molecular flexibility index (Phi) is 3.92. The van der Waals surface area contributed by atoms with Crippen molar-refractivity contribution in [3.8, 4) is 0 Å². The predicted molar refractivity (Wildman–Crippen MR) is 83.2 cm³/mol. The van der Waals surface area contributed by atoms with Crippen molar-refractivity contribution < 1.29 is 8.42 Å². The van der Waals surface area contributed by atoms with Crippen LogP contribution in [0.2, 0.25) is 0 Å². The maximum absolute atomic E-state index is 11.9. The highest BCUT2D eigenvalue weighted by Crippen LogP contribution is 2.34. The monoisotopic (exact) mass is 309 g/mol. The molecule has 2 saturated heterocycles. The van der Waals surface area contributed by atoms with Crippen LogP contribution in [0.1, 0.15) is 32.1 Å². The quantitative estimate of drug-likeness (QED) is 0.924. The first kappa shape index (κ1) is 14.8. The third kappa shape index (κ3) is 3.06. The van der Waals surface area contributed by atoms with E-state index < -0.39 is 9.84 Å². The number of anilines is 1. The number of hydrogen-bond donors (Lipinski definition) is 1. The molecular formula is C15H23N3O2S. The summed E-state index contributed by atoms with van der Waals surface area (Å²) in [5.41, 5.74) is 0. The van der Waals surface area contributed by atoms with Gasteiger partial charge in [-0.15, -0.1) is 0 Å². The molecule has 2 bridgehead atoms. The molecule has 116 valence electrons. The number of hydrogen-bond acceptors (Lipinski definition) is 5. The molecule has 1 aromatic rings. The molecule has 6 heteroatoms. The lowest BCUT2D eigenvalue weighted by Crippen LogP contribution is -2.52. The molecule has 0 amide bonds. The third-order valence-electron chi connectivity index (χ3n) is 4.85. The Morgan fingerprint density at radius 1 is 1.29 bits per heavy atom. The number of nitrogens with zero attached hydrogens (tertiary/aromatic N) is 2. The second kappa shape index (κ2) is 5.57. The van der Waals surface area contributed by atoms with Crippen molar-refractivity contribution in [2.75, 3.05) is 18.6 Å². The Balaban J connectivity index is 1.79. The van der Waals surface area contributed by atoms with Crippen molar-refractivity contribution in [1.82, 2.24) is 9.88 Å². The first-order valence-electron chi connectivity index (χ1n) is 7.58. The van der Waals surface area contributed by atoms with E-state index in [1.54, 1.807) is 18.3 Å². The van der Waals surface area contributed by atoms with E-state index in [0.717, 1.165) is 12.8 Å². The van der Waals surface area contributed by atoms with Gasteiger partial charge in [0.2, 0.25) is 0 Å². The molecular weight excluding hydrogens is 286 g/mol. The average Bonchev–Trinajstić information content (AvgIpc) is 2.39. The summed E-state index contributed by atoms with van der Waals surface area (Å²) in [4.78, 5) is 7.05. The van der Waals surface area contributed by atoms with Gasteiger partial charge in [0.25, 0.3) is 0 Å². The summed E-state index contributed by atoms with van der Waals surface area (Å²) in [6.07, 6.45) is 8.80. The smallest absolute Gasteiger partial charge is 0.179 e. The van der Waals surface area contributed by atoms with Crippen LogP contribution in [0.25, 0.3) is 0 Å². The van der Waals surface area contributed by atoms with Crippen molar-refractivity contribution in [2.45, 2.75) is 55.1 Å². The highest BCUT2D eigenvalue weighted by Gasteiger charge is 2.36. The molecule has 2 fully saturated rings. The van der Waals surface area contributed by atoms with Crippen molar-refractivity contribution in [3.05, 3.63) is 18.3 Å². The molecule has 0 saturated carbocycles. The Hall–Kier alpha value is -1.14. The van der Waals surface area contributed by atoms with Crippen molar-refractivity contribution in [1.29, 1.82) is 0 Å². The molecule has 0 aliphatic carbocycles. The highest BCUT2D eigenvalue weighted by molar-refractivity contribution is 7.90. The van der Waals surface area contributed by atoms with E-state index in [2.05, 4.69) is 22.2 Å². The summed E-state index contributed by atoms with van der Waals surface area (Å²) >= 11 is 0. The lowest BCUT2D eigenvalue weighted by molar-refractivity contribution is 0.0607. The Morgan fingerprint density at radius 3 is 2.57 bits per heavy atom. The molecule has 1 N–H and O–H groups in total. The third-order valence-corrected chi connectivity index (χ3v) is 5.98. The summed E-state index contributed by atoms with van der Waals surface area (Å²) in [7, 11) is -1.03. The van der Waals surface area contributed by atoms with E-state index in [9.17, 15) is 8.42 Å². The molecule has 2 atom stereocenters. The maximum atomic E-state index is 11.9. The highest BCUT2D eigenvalue weighted by atomic mass is 32.2. The van der Waals surface area contributed by atoms with Crippen LogP contribution < -0.4 is 5.32 Å². The standard InChI is InChI=1S/C15H23N3O2S/c1-18-12-5-3-6-13(18)10-11(9-12)17-15-14(21(2,19)20)7-4-8-16-15/h4,7-8,11-13H,3,5-6,9-10H2,1-2H3,(H,16,17). The number of aromatic nitrogens is 1. The SMILES string of the molecule is CN1C2CCCC1CC(Nc1ncccc1S(C)(=O)=O)C2. The zero-order chi connectivity index (χ0) is 15.0. The topological polar surface area (TPSA) is 62.3 Å². The van der Waals surface area contributed by atoms with E-state index in [-0.39, 0.29) is 0 Å². The van der Waals surface area contributed by atoms with Crippen LogP contribution in [0.15, 0.2) is 23.2 Å². The fourth-order valence-corrected chi connectivity index (χ4v) is 4.51. The summed E-state index contributed by atoms with van der Waals surface area (Å²) in [5, 5.41) is 3.39. The summed E-state index contributed by atoms with van der Waals surface area (Å²) in [6, 6.07) is 4.83. The fourth-order valence-electron chi connectivity index (χ4n) is 3.73. The van der Waals surface area contributed by atoms with Crippen LogP contribution in [-0.4, -0.2) is 49.7 Å². The molecule has 2 aliphatic rings.